The average Bonchev–Trinajstić information content (AvgIpc) is 2.84. The Labute approximate surface area is 95.7 Å². The van der Waals surface area contributed by atoms with Crippen LogP contribution in [0.1, 0.15) is 10.4 Å². The maximum atomic E-state index is 10.4. The second-order valence-electron chi connectivity index (χ2n) is 2.78. The predicted molar refractivity (Wildman–Crippen MR) is 58.0 cm³/mol. The molecule has 0 aliphatic rings. The molecule has 3 N–H and O–H groups in total. The Bertz CT molecular complexity index is 483. The molecule has 0 saturated carbocycles. The number of H-pyrrole nitrogens is 1. The quantitative estimate of drug-likeness (QED) is 0.578. The highest BCUT2D eigenvalue weighted by atomic mass is 16.6. The highest BCUT2D eigenvalue weighted by Crippen LogP contribution is 1.96. The van der Waals surface area contributed by atoms with Gasteiger partial charge in [-0.25, -0.2) is 4.98 Å². The zero-order valence-electron chi connectivity index (χ0n) is 8.61. The van der Waals surface area contributed by atoms with Crippen molar-refractivity contribution in [2.45, 2.75) is 0 Å². The number of nitro groups is 1. The van der Waals surface area contributed by atoms with Crippen LogP contribution in [0.2, 0.25) is 0 Å². The molecule has 88 valence electrons. The van der Waals surface area contributed by atoms with Gasteiger partial charge in [-0.05, 0) is 17.1 Å². The van der Waals surface area contributed by atoms with Crippen LogP contribution < -0.4 is 5.73 Å². The van der Waals surface area contributed by atoms with E-state index in [0.29, 0.717) is 5.56 Å². The van der Waals surface area contributed by atoms with E-state index in [9.17, 15) is 14.9 Å². The van der Waals surface area contributed by atoms with Crippen LogP contribution in [0.25, 0.3) is 0 Å². The van der Waals surface area contributed by atoms with E-state index in [1.54, 1.807) is 18.3 Å². The Balaban J connectivity index is 0.000000171. The Kier molecular flexibility index (Phi) is 4.31. The molecule has 2 rings (SSSR count). The number of carbonyl (C=O) groups excluding carboxylic acids is 1. The van der Waals surface area contributed by atoms with Crippen LogP contribution >= 0.6 is 0 Å². The van der Waals surface area contributed by atoms with Gasteiger partial charge in [-0.3, -0.25) is 9.78 Å². The number of nitrogens with zero attached hydrogens (tertiary/aromatic N) is 3. The largest absolute Gasteiger partial charge is 0.432 e. The van der Waals surface area contributed by atoms with Gasteiger partial charge in [-0.1, -0.05) is 4.98 Å². The van der Waals surface area contributed by atoms with Crippen LogP contribution in [0.3, 0.4) is 0 Å². The number of hydrogen-bond donors (Lipinski definition) is 2. The Hall–Kier alpha value is -2.77. The average molecular weight is 235 g/mol. The maximum absolute atomic E-state index is 10.4. The first-order valence-electron chi connectivity index (χ1n) is 4.45. The summed E-state index contributed by atoms with van der Waals surface area (Å²) in [6.07, 6.45) is 5.76. The number of nitrogens with one attached hydrogen (secondary N) is 1. The van der Waals surface area contributed by atoms with E-state index in [4.69, 9.17) is 5.73 Å². The lowest BCUT2D eigenvalue weighted by Gasteiger charge is -1.88. The number of carbonyl (C=O) groups is 1. The molecule has 8 heteroatoms. The van der Waals surface area contributed by atoms with Crippen LogP contribution in [0.4, 0.5) is 5.95 Å². The second-order valence-corrected chi connectivity index (χ2v) is 2.78. The molecule has 0 saturated heterocycles. The van der Waals surface area contributed by atoms with Gasteiger partial charge in [0.05, 0.1) is 11.8 Å². The van der Waals surface area contributed by atoms with Gasteiger partial charge in [0, 0.05) is 12.4 Å². The number of pyridine rings is 1. The minimum atomic E-state index is -0.583. The minimum absolute atomic E-state index is 0.218. The molecular weight excluding hydrogens is 226 g/mol. The summed E-state index contributed by atoms with van der Waals surface area (Å²) in [7, 11) is 0. The molecule has 0 aliphatic heterocycles. The van der Waals surface area contributed by atoms with Crippen molar-refractivity contribution < 1.29 is 9.72 Å². The molecule has 8 nitrogen and oxygen atoms in total. The van der Waals surface area contributed by atoms with Gasteiger partial charge in [-0.15, -0.1) is 0 Å². The van der Waals surface area contributed by atoms with Crippen molar-refractivity contribution in [3.63, 3.8) is 0 Å². The lowest BCUT2D eigenvalue weighted by Crippen LogP contribution is -2.10. The summed E-state index contributed by atoms with van der Waals surface area (Å²) in [6, 6.07) is 3.29. The van der Waals surface area contributed by atoms with E-state index in [0.717, 1.165) is 0 Å². The summed E-state index contributed by atoms with van der Waals surface area (Å²) in [6.45, 7) is 0. The van der Waals surface area contributed by atoms with Crippen LogP contribution in [-0.4, -0.2) is 25.8 Å². The fourth-order valence-electron chi connectivity index (χ4n) is 0.865. The number of aromatic amines is 1. The molecule has 17 heavy (non-hydrogen) atoms. The van der Waals surface area contributed by atoms with Gasteiger partial charge in [0.25, 0.3) is 0 Å². The molecular formula is C9H9N5O3. The SMILES string of the molecule is NC(=O)c1cccnc1.O=[N+]([O-])c1ncc[nH]1. The molecule has 2 aromatic heterocycles. The highest BCUT2D eigenvalue weighted by molar-refractivity contribution is 5.92. The van der Waals surface area contributed by atoms with E-state index in [2.05, 4.69) is 15.0 Å². The molecule has 0 unspecified atom stereocenters. The number of hydrogen-bond acceptors (Lipinski definition) is 5. The Morgan fingerprint density at radius 3 is 2.53 bits per heavy atom. The first-order valence-corrected chi connectivity index (χ1v) is 4.45. The van der Waals surface area contributed by atoms with Gasteiger partial charge in [0.1, 0.15) is 6.20 Å². The van der Waals surface area contributed by atoms with Crippen molar-refractivity contribution in [2.24, 2.45) is 5.73 Å². The molecule has 1 amide bonds. The van der Waals surface area contributed by atoms with Crippen LogP contribution in [0.15, 0.2) is 36.9 Å². The molecule has 0 radical (unpaired) electrons. The molecule has 2 aromatic rings. The molecule has 0 spiro atoms. The predicted octanol–water partition coefficient (Wildman–Crippen LogP) is 0.498. The van der Waals surface area contributed by atoms with E-state index >= 15 is 0 Å². The molecule has 0 atom stereocenters. The molecule has 2 heterocycles. The third-order valence-electron chi connectivity index (χ3n) is 1.60. The summed E-state index contributed by atoms with van der Waals surface area (Å²) in [4.78, 5) is 29.0. The van der Waals surface area contributed by atoms with Gasteiger partial charge >= 0.3 is 5.95 Å². The lowest BCUT2D eigenvalue weighted by atomic mass is 10.3. The normalized spacial score (nSPS) is 8.94. The second kappa shape index (κ2) is 5.95. The van der Waals surface area contributed by atoms with E-state index in [1.807, 2.05) is 0 Å². The summed E-state index contributed by atoms with van der Waals surface area (Å²) in [5.41, 5.74) is 5.38. The smallest absolute Gasteiger partial charge is 0.390 e. The Morgan fingerprint density at radius 1 is 1.47 bits per heavy atom. The molecule has 0 aliphatic carbocycles. The maximum Gasteiger partial charge on any atom is 0.432 e. The number of nitrogens with two attached hydrogens (primary N) is 1. The van der Waals surface area contributed by atoms with Gasteiger partial charge in [0.15, 0.2) is 0 Å². The highest BCUT2D eigenvalue weighted by Gasteiger charge is 2.01. The topological polar surface area (TPSA) is 128 Å². The Morgan fingerprint density at radius 2 is 2.24 bits per heavy atom. The molecule has 0 aromatic carbocycles. The third-order valence-corrected chi connectivity index (χ3v) is 1.60. The summed E-state index contributed by atoms with van der Waals surface area (Å²) in [5.74, 6) is -0.659. The minimum Gasteiger partial charge on any atom is -0.390 e. The number of rotatable bonds is 2. The fraction of sp³-hybridized carbons (Fsp3) is 0. The van der Waals surface area contributed by atoms with E-state index in [-0.39, 0.29) is 5.95 Å². The zero-order valence-corrected chi connectivity index (χ0v) is 8.61. The first-order chi connectivity index (χ1) is 8.11. The standard InChI is InChI=1S/C6H6N2O.C3H3N3O2/c7-6(9)5-2-1-3-8-4-5;7-6(8)3-4-1-2-5-3/h1-4H,(H2,7,9);1-2H,(H,4,5). The number of amides is 1. The number of imidazole rings is 1. The summed E-state index contributed by atoms with van der Waals surface area (Å²) < 4.78 is 0. The number of primary amides is 1. The van der Waals surface area contributed by atoms with Crippen molar-refractivity contribution in [1.82, 2.24) is 15.0 Å². The van der Waals surface area contributed by atoms with E-state index in [1.165, 1.54) is 18.6 Å². The lowest BCUT2D eigenvalue weighted by molar-refractivity contribution is -0.393. The monoisotopic (exact) mass is 235 g/mol. The zero-order chi connectivity index (χ0) is 12.7. The van der Waals surface area contributed by atoms with Crippen LogP contribution in [-0.2, 0) is 0 Å². The van der Waals surface area contributed by atoms with Crippen LogP contribution in [0.5, 0.6) is 0 Å². The summed E-state index contributed by atoms with van der Waals surface area (Å²) in [5, 5.41) is 9.77. The van der Waals surface area contributed by atoms with Crippen molar-refractivity contribution in [1.29, 1.82) is 0 Å². The van der Waals surface area contributed by atoms with Crippen molar-refractivity contribution in [2.75, 3.05) is 0 Å². The van der Waals surface area contributed by atoms with Gasteiger partial charge in [-0.2, -0.15) is 0 Å². The third kappa shape index (κ3) is 4.08. The fourth-order valence-corrected chi connectivity index (χ4v) is 0.865. The first kappa shape index (κ1) is 12.3. The van der Waals surface area contributed by atoms with Gasteiger partial charge < -0.3 is 15.8 Å². The van der Waals surface area contributed by atoms with Gasteiger partial charge in [0.2, 0.25) is 5.91 Å². The van der Waals surface area contributed by atoms with Crippen molar-refractivity contribution in [3.8, 4) is 0 Å². The van der Waals surface area contributed by atoms with Crippen LogP contribution in [0, 0.1) is 10.1 Å². The van der Waals surface area contributed by atoms with Crippen molar-refractivity contribution >= 4 is 11.9 Å². The molecule has 0 fully saturated rings. The molecule has 0 bridgehead atoms. The number of aromatic nitrogens is 3. The van der Waals surface area contributed by atoms with E-state index < -0.39 is 10.8 Å². The van der Waals surface area contributed by atoms with Crippen molar-refractivity contribution in [3.05, 3.63) is 52.6 Å². The summed E-state index contributed by atoms with van der Waals surface area (Å²) >= 11 is 0.